The Morgan fingerprint density at radius 1 is 1.06 bits per heavy atom. The van der Waals surface area contributed by atoms with Gasteiger partial charge >= 0.3 is 0 Å². The van der Waals surface area contributed by atoms with E-state index in [9.17, 15) is 4.79 Å². The van der Waals surface area contributed by atoms with Crippen LogP contribution in [-0.2, 0) is 4.79 Å². The number of hydrogen-bond acceptors (Lipinski definition) is 5. The van der Waals surface area contributed by atoms with E-state index in [1.54, 1.807) is 18.4 Å². The molecule has 160 valence electrons. The Labute approximate surface area is 185 Å². The highest BCUT2D eigenvalue weighted by Crippen LogP contribution is 2.38. The highest BCUT2D eigenvalue weighted by molar-refractivity contribution is 6.03. The summed E-state index contributed by atoms with van der Waals surface area (Å²) in [5, 5.41) is 11.0. The molecule has 0 radical (unpaired) electrons. The fourth-order valence-corrected chi connectivity index (χ4v) is 3.95. The van der Waals surface area contributed by atoms with E-state index in [0.717, 1.165) is 28.3 Å². The van der Waals surface area contributed by atoms with Gasteiger partial charge in [0.1, 0.15) is 11.4 Å². The highest BCUT2D eigenvalue weighted by atomic mass is 16.5. The first-order valence-corrected chi connectivity index (χ1v) is 10.3. The number of furan rings is 1. The van der Waals surface area contributed by atoms with Gasteiger partial charge in [0, 0.05) is 25.1 Å². The molecule has 0 N–H and O–H groups in total. The maximum atomic E-state index is 12.5. The Balaban J connectivity index is 1.57. The molecule has 1 aliphatic rings. The quantitative estimate of drug-likeness (QED) is 0.458. The van der Waals surface area contributed by atoms with Crippen molar-refractivity contribution < 1.29 is 13.9 Å². The van der Waals surface area contributed by atoms with Crippen molar-refractivity contribution in [2.45, 2.75) is 19.4 Å². The van der Waals surface area contributed by atoms with Gasteiger partial charge in [-0.3, -0.25) is 4.79 Å². The molecule has 1 aliphatic heterocycles. The zero-order valence-corrected chi connectivity index (χ0v) is 17.8. The summed E-state index contributed by atoms with van der Waals surface area (Å²) >= 11 is 0. The third-order valence-electron chi connectivity index (χ3n) is 5.53. The lowest BCUT2D eigenvalue weighted by atomic mass is 9.98. The molecule has 2 aromatic heterocycles. The molecule has 0 saturated heterocycles. The number of methoxy groups -OCH3 is 1. The zero-order valence-electron chi connectivity index (χ0n) is 17.8. The van der Waals surface area contributed by atoms with Crippen molar-refractivity contribution in [2.75, 3.05) is 7.11 Å². The fraction of sp³-hybridized carbons (Fsp3) is 0.160. The lowest BCUT2D eigenvalue weighted by Gasteiger charge is -2.19. The number of hydrogen-bond donors (Lipinski definition) is 0. The first-order chi connectivity index (χ1) is 15.6. The predicted octanol–water partition coefficient (Wildman–Crippen LogP) is 4.84. The van der Waals surface area contributed by atoms with Crippen molar-refractivity contribution in [3.63, 3.8) is 0 Å². The molecule has 0 aliphatic carbocycles. The Kier molecular flexibility index (Phi) is 5.07. The second kappa shape index (κ2) is 8.19. The van der Waals surface area contributed by atoms with Gasteiger partial charge in [-0.2, -0.15) is 10.2 Å². The van der Waals surface area contributed by atoms with Crippen LogP contribution in [0.25, 0.3) is 17.1 Å². The SMILES string of the molecule is COc1ccc(C2=NN(C(C)=O)[C@H](c3cn(-c4ccccc4)nc3-c3ccco3)C2)cc1. The Morgan fingerprint density at radius 2 is 1.84 bits per heavy atom. The van der Waals surface area contributed by atoms with Crippen LogP contribution >= 0.6 is 0 Å². The number of hydrazone groups is 1. The maximum absolute atomic E-state index is 12.5. The number of nitrogens with zero attached hydrogens (tertiary/aromatic N) is 4. The van der Waals surface area contributed by atoms with Crippen LogP contribution in [-0.4, -0.2) is 33.5 Å². The standard InChI is InChI=1S/C25H22N4O3/c1-17(30)29-23(15-22(26-29)18-10-12-20(31-2)13-11-18)21-16-28(19-7-4-3-5-8-19)27-25(21)24-9-6-14-32-24/h3-14,16,23H,15H2,1-2H3/t23-/m0/s1. The van der Waals surface area contributed by atoms with Crippen LogP contribution < -0.4 is 4.74 Å². The number of para-hydroxylation sites is 1. The van der Waals surface area contributed by atoms with Crippen LogP contribution in [0.4, 0.5) is 0 Å². The molecule has 7 nitrogen and oxygen atoms in total. The van der Waals surface area contributed by atoms with E-state index in [-0.39, 0.29) is 11.9 Å². The molecule has 0 bridgehead atoms. The molecular weight excluding hydrogens is 404 g/mol. The number of carbonyl (C=O) groups is 1. The van der Waals surface area contributed by atoms with Crippen LogP contribution in [0.5, 0.6) is 5.75 Å². The van der Waals surface area contributed by atoms with Gasteiger partial charge in [-0.1, -0.05) is 18.2 Å². The van der Waals surface area contributed by atoms with Crippen LogP contribution in [0.2, 0.25) is 0 Å². The number of carbonyl (C=O) groups excluding carboxylic acids is 1. The van der Waals surface area contributed by atoms with Crippen molar-refractivity contribution in [2.24, 2.45) is 5.10 Å². The minimum atomic E-state index is -0.290. The monoisotopic (exact) mass is 426 g/mol. The van der Waals surface area contributed by atoms with E-state index >= 15 is 0 Å². The fourth-order valence-electron chi connectivity index (χ4n) is 3.95. The molecule has 0 unspecified atom stereocenters. The molecule has 1 amide bonds. The summed E-state index contributed by atoms with van der Waals surface area (Å²) in [5.74, 6) is 1.30. The van der Waals surface area contributed by atoms with Gasteiger partial charge in [0.25, 0.3) is 0 Å². The van der Waals surface area contributed by atoms with Crippen molar-refractivity contribution in [1.29, 1.82) is 0 Å². The summed E-state index contributed by atoms with van der Waals surface area (Å²) in [5.41, 5.74) is 4.29. The largest absolute Gasteiger partial charge is 0.497 e. The molecule has 2 aromatic carbocycles. The predicted molar refractivity (Wildman–Crippen MR) is 121 cm³/mol. The number of aromatic nitrogens is 2. The van der Waals surface area contributed by atoms with Crippen molar-refractivity contribution in [3.8, 4) is 22.9 Å². The van der Waals surface area contributed by atoms with E-state index in [4.69, 9.17) is 14.3 Å². The van der Waals surface area contributed by atoms with E-state index < -0.39 is 0 Å². The molecule has 1 atom stereocenters. The molecule has 0 fully saturated rings. The molecule has 32 heavy (non-hydrogen) atoms. The number of ether oxygens (including phenoxy) is 1. The molecule has 4 aromatic rings. The van der Waals surface area contributed by atoms with Gasteiger partial charge < -0.3 is 9.15 Å². The molecule has 3 heterocycles. The molecular formula is C25H22N4O3. The minimum Gasteiger partial charge on any atom is -0.497 e. The van der Waals surface area contributed by atoms with Crippen LogP contribution in [0.3, 0.4) is 0 Å². The lowest BCUT2D eigenvalue weighted by Crippen LogP contribution is -2.24. The summed E-state index contributed by atoms with van der Waals surface area (Å²) in [6, 6.07) is 21.0. The highest BCUT2D eigenvalue weighted by Gasteiger charge is 2.35. The summed E-state index contributed by atoms with van der Waals surface area (Å²) in [6.07, 6.45) is 4.15. The maximum Gasteiger partial charge on any atom is 0.240 e. The summed E-state index contributed by atoms with van der Waals surface area (Å²) in [4.78, 5) is 12.5. The van der Waals surface area contributed by atoms with Crippen molar-refractivity contribution in [1.82, 2.24) is 14.8 Å². The van der Waals surface area contributed by atoms with Crippen LogP contribution in [0.15, 0.2) is 88.7 Å². The topological polar surface area (TPSA) is 72.9 Å². The number of rotatable bonds is 5. The second-order valence-corrected chi connectivity index (χ2v) is 7.55. The molecule has 7 heteroatoms. The van der Waals surface area contributed by atoms with Gasteiger partial charge in [0.05, 0.1) is 30.8 Å². The summed E-state index contributed by atoms with van der Waals surface area (Å²) in [7, 11) is 1.64. The average Bonchev–Trinajstić information content (AvgIpc) is 3.58. The van der Waals surface area contributed by atoms with E-state index in [1.165, 1.54) is 6.92 Å². The van der Waals surface area contributed by atoms with Gasteiger partial charge in [0.15, 0.2) is 5.76 Å². The Hall–Kier alpha value is -4.13. The third-order valence-corrected chi connectivity index (χ3v) is 5.53. The van der Waals surface area contributed by atoms with Crippen LogP contribution in [0, 0.1) is 0 Å². The molecule has 5 rings (SSSR count). The van der Waals surface area contributed by atoms with Crippen molar-refractivity contribution in [3.05, 3.63) is 90.3 Å². The van der Waals surface area contributed by atoms with Gasteiger partial charge in [-0.25, -0.2) is 9.69 Å². The Bertz CT molecular complexity index is 1260. The molecule has 0 saturated carbocycles. The Morgan fingerprint density at radius 3 is 2.50 bits per heavy atom. The van der Waals surface area contributed by atoms with Gasteiger partial charge in [-0.15, -0.1) is 0 Å². The van der Waals surface area contributed by atoms with E-state index in [1.807, 2.05) is 77.6 Å². The van der Waals surface area contributed by atoms with Crippen LogP contribution in [0.1, 0.15) is 30.5 Å². The normalized spacial score (nSPS) is 15.6. The molecule has 0 spiro atoms. The second-order valence-electron chi connectivity index (χ2n) is 7.55. The van der Waals surface area contributed by atoms with E-state index in [0.29, 0.717) is 17.9 Å². The number of benzene rings is 2. The van der Waals surface area contributed by atoms with E-state index in [2.05, 4.69) is 5.10 Å². The first-order valence-electron chi connectivity index (χ1n) is 10.3. The third kappa shape index (κ3) is 3.58. The van der Waals surface area contributed by atoms with Crippen molar-refractivity contribution >= 4 is 11.6 Å². The van der Waals surface area contributed by atoms with Gasteiger partial charge in [-0.05, 0) is 54.1 Å². The zero-order chi connectivity index (χ0) is 22.1. The first kappa shape index (κ1) is 19.8. The average molecular weight is 426 g/mol. The minimum absolute atomic E-state index is 0.128. The smallest absolute Gasteiger partial charge is 0.240 e. The number of amides is 1. The lowest BCUT2D eigenvalue weighted by molar-refractivity contribution is -0.130. The summed E-state index contributed by atoms with van der Waals surface area (Å²) < 4.78 is 12.7. The van der Waals surface area contributed by atoms with Gasteiger partial charge in [0.2, 0.25) is 5.91 Å². The summed E-state index contributed by atoms with van der Waals surface area (Å²) in [6.45, 7) is 1.53.